The Bertz CT molecular complexity index is 468. The highest BCUT2D eigenvalue weighted by molar-refractivity contribution is 6.01. The summed E-state index contributed by atoms with van der Waals surface area (Å²) in [4.78, 5) is 11.2. The van der Waals surface area contributed by atoms with Crippen molar-refractivity contribution in [2.75, 3.05) is 0 Å². The maximum Gasteiger partial charge on any atom is 0.161 e. The molecule has 0 saturated carbocycles. The Morgan fingerprint density at radius 2 is 2.08 bits per heavy atom. The number of aryl methyl sites for hydroxylation is 1. The number of nitrogens with zero attached hydrogens (tertiary/aromatic N) is 1. The highest BCUT2D eigenvalue weighted by Crippen LogP contribution is 2.14. The number of hydrogen-bond acceptors (Lipinski definition) is 1. The summed E-state index contributed by atoms with van der Waals surface area (Å²) in [6.07, 6.45) is 1.93. The molecule has 0 fully saturated rings. The first kappa shape index (κ1) is 8.05. The molecular weight excluding hydrogens is 162 g/mol. The van der Waals surface area contributed by atoms with E-state index >= 15 is 0 Å². The zero-order valence-corrected chi connectivity index (χ0v) is 7.74. The van der Waals surface area contributed by atoms with Crippen molar-refractivity contribution < 1.29 is 4.79 Å². The van der Waals surface area contributed by atoms with E-state index in [1.165, 1.54) is 0 Å². The number of ketones is 1. The molecule has 2 heterocycles. The Labute approximate surface area is 76.8 Å². The van der Waals surface area contributed by atoms with Crippen LogP contribution in [0.25, 0.3) is 5.52 Å². The minimum Gasteiger partial charge on any atom is -0.320 e. The third-order valence-corrected chi connectivity index (χ3v) is 2.28. The van der Waals surface area contributed by atoms with Crippen LogP contribution >= 0.6 is 0 Å². The molecule has 0 spiro atoms. The standard InChI is InChI=1S/C11H11NO/c1-8-4-3-5-11-10(9(2)13)6-7-12(8)11/h3-7H,1-2H3. The van der Waals surface area contributed by atoms with Gasteiger partial charge in [0, 0.05) is 17.5 Å². The summed E-state index contributed by atoms with van der Waals surface area (Å²) in [5, 5.41) is 0. The van der Waals surface area contributed by atoms with E-state index in [9.17, 15) is 4.79 Å². The molecular formula is C11H11NO. The molecule has 0 aliphatic rings. The van der Waals surface area contributed by atoms with Gasteiger partial charge in [-0.25, -0.2) is 0 Å². The van der Waals surface area contributed by atoms with Crippen LogP contribution < -0.4 is 0 Å². The van der Waals surface area contributed by atoms with Crippen molar-refractivity contribution in [1.29, 1.82) is 0 Å². The number of Topliss-reactive ketones (excluding diaryl/α,β-unsaturated/α-hetero) is 1. The first-order valence-corrected chi connectivity index (χ1v) is 4.28. The molecule has 13 heavy (non-hydrogen) atoms. The van der Waals surface area contributed by atoms with E-state index in [1.54, 1.807) is 6.92 Å². The van der Waals surface area contributed by atoms with Crippen LogP contribution in [-0.4, -0.2) is 10.2 Å². The van der Waals surface area contributed by atoms with E-state index in [0.29, 0.717) is 0 Å². The van der Waals surface area contributed by atoms with E-state index in [2.05, 4.69) is 0 Å². The molecule has 2 rings (SSSR count). The normalized spacial score (nSPS) is 10.6. The zero-order chi connectivity index (χ0) is 9.42. The molecule has 0 radical (unpaired) electrons. The van der Waals surface area contributed by atoms with E-state index in [1.807, 2.05) is 41.8 Å². The van der Waals surface area contributed by atoms with E-state index in [4.69, 9.17) is 0 Å². The Morgan fingerprint density at radius 3 is 2.77 bits per heavy atom. The lowest BCUT2D eigenvalue weighted by molar-refractivity contribution is 0.101. The highest BCUT2D eigenvalue weighted by atomic mass is 16.1. The van der Waals surface area contributed by atoms with Gasteiger partial charge in [-0.05, 0) is 32.0 Å². The predicted octanol–water partition coefficient (Wildman–Crippen LogP) is 2.45. The van der Waals surface area contributed by atoms with Crippen molar-refractivity contribution in [3.8, 4) is 0 Å². The van der Waals surface area contributed by atoms with Gasteiger partial charge in [0.2, 0.25) is 0 Å². The minimum atomic E-state index is 0.119. The number of carbonyl (C=O) groups is 1. The summed E-state index contributed by atoms with van der Waals surface area (Å²) in [6.45, 7) is 3.62. The van der Waals surface area contributed by atoms with Crippen LogP contribution in [0, 0.1) is 6.92 Å². The van der Waals surface area contributed by atoms with Crippen LogP contribution in [0.3, 0.4) is 0 Å². The molecule has 0 aromatic carbocycles. The summed E-state index contributed by atoms with van der Waals surface area (Å²) in [6, 6.07) is 7.82. The van der Waals surface area contributed by atoms with Crippen LogP contribution in [0.15, 0.2) is 30.5 Å². The molecule has 0 saturated heterocycles. The third kappa shape index (κ3) is 1.15. The molecule has 0 unspecified atom stereocenters. The van der Waals surface area contributed by atoms with Gasteiger partial charge in [-0.3, -0.25) is 4.79 Å². The summed E-state index contributed by atoms with van der Waals surface area (Å²) in [5.74, 6) is 0.119. The van der Waals surface area contributed by atoms with Crippen LogP contribution in [0.1, 0.15) is 23.0 Å². The molecule has 0 aliphatic heterocycles. The Hall–Kier alpha value is -1.57. The van der Waals surface area contributed by atoms with Gasteiger partial charge in [0.15, 0.2) is 5.78 Å². The van der Waals surface area contributed by atoms with E-state index < -0.39 is 0 Å². The van der Waals surface area contributed by atoms with Crippen molar-refractivity contribution in [3.63, 3.8) is 0 Å². The smallest absolute Gasteiger partial charge is 0.161 e. The minimum absolute atomic E-state index is 0.119. The van der Waals surface area contributed by atoms with Crippen molar-refractivity contribution >= 4 is 11.3 Å². The van der Waals surface area contributed by atoms with Gasteiger partial charge in [-0.15, -0.1) is 0 Å². The SMILES string of the molecule is CC(=O)c1ccn2c(C)cccc12. The lowest BCUT2D eigenvalue weighted by Crippen LogP contribution is -1.92. The molecule has 2 nitrogen and oxygen atoms in total. The highest BCUT2D eigenvalue weighted by Gasteiger charge is 2.06. The van der Waals surface area contributed by atoms with Crippen LogP contribution in [0.2, 0.25) is 0 Å². The maximum atomic E-state index is 11.2. The van der Waals surface area contributed by atoms with E-state index in [0.717, 1.165) is 16.8 Å². The van der Waals surface area contributed by atoms with Crippen molar-refractivity contribution in [1.82, 2.24) is 4.40 Å². The van der Waals surface area contributed by atoms with Crippen molar-refractivity contribution in [2.24, 2.45) is 0 Å². The Kier molecular flexibility index (Phi) is 1.69. The lowest BCUT2D eigenvalue weighted by atomic mass is 10.2. The second kappa shape index (κ2) is 2.73. The lowest BCUT2D eigenvalue weighted by Gasteiger charge is -1.99. The quantitative estimate of drug-likeness (QED) is 0.607. The second-order valence-electron chi connectivity index (χ2n) is 3.21. The van der Waals surface area contributed by atoms with Gasteiger partial charge in [-0.2, -0.15) is 0 Å². The van der Waals surface area contributed by atoms with E-state index in [-0.39, 0.29) is 5.78 Å². The molecule has 0 N–H and O–H groups in total. The average Bonchev–Trinajstić information content (AvgIpc) is 2.48. The number of hydrogen-bond donors (Lipinski definition) is 0. The predicted molar refractivity (Wildman–Crippen MR) is 52.1 cm³/mol. The van der Waals surface area contributed by atoms with Gasteiger partial charge in [-0.1, -0.05) is 6.07 Å². The summed E-state index contributed by atoms with van der Waals surface area (Å²) < 4.78 is 2.02. The Morgan fingerprint density at radius 1 is 1.31 bits per heavy atom. The number of pyridine rings is 1. The summed E-state index contributed by atoms with van der Waals surface area (Å²) in [7, 11) is 0. The Balaban J connectivity index is 2.83. The largest absolute Gasteiger partial charge is 0.320 e. The molecule has 66 valence electrons. The van der Waals surface area contributed by atoms with Gasteiger partial charge >= 0.3 is 0 Å². The molecule has 2 aromatic rings. The topological polar surface area (TPSA) is 21.5 Å². The summed E-state index contributed by atoms with van der Waals surface area (Å²) in [5.41, 5.74) is 2.93. The fraction of sp³-hybridized carbons (Fsp3) is 0.182. The van der Waals surface area contributed by atoms with Crippen molar-refractivity contribution in [2.45, 2.75) is 13.8 Å². The van der Waals surface area contributed by atoms with Crippen molar-refractivity contribution in [3.05, 3.63) is 41.7 Å². The van der Waals surface area contributed by atoms with Gasteiger partial charge in [0.1, 0.15) is 0 Å². The fourth-order valence-corrected chi connectivity index (χ4v) is 1.58. The molecule has 0 aliphatic carbocycles. The maximum absolute atomic E-state index is 11.2. The second-order valence-corrected chi connectivity index (χ2v) is 3.21. The van der Waals surface area contributed by atoms with Gasteiger partial charge in [0.05, 0.1) is 5.52 Å². The first-order valence-electron chi connectivity index (χ1n) is 4.28. The van der Waals surface area contributed by atoms with Gasteiger partial charge in [0.25, 0.3) is 0 Å². The molecule has 2 aromatic heterocycles. The molecule has 0 amide bonds. The number of rotatable bonds is 1. The zero-order valence-electron chi connectivity index (χ0n) is 7.74. The molecule has 2 heteroatoms. The van der Waals surface area contributed by atoms with Crippen LogP contribution in [0.5, 0.6) is 0 Å². The number of carbonyl (C=O) groups excluding carboxylic acids is 1. The molecule has 0 atom stereocenters. The fourth-order valence-electron chi connectivity index (χ4n) is 1.58. The summed E-state index contributed by atoms with van der Waals surface area (Å²) >= 11 is 0. The first-order chi connectivity index (χ1) is 6.20. The average molecular weight is 173 g/mol. The third-order valence-electron chi connectivity index (χ3n) is 2.28. The van der Waals surface area contributed by atoms with Crippen LogP contribution in [-0.2, 0) is 0 Å². The number of fused-ring (bicyclic) bond motifs is 1. The molecule has 0 bridgehead atoms. The monoisotopic (exact) mass is 173 g/mol. The number of aromatic nitrogens is 1. The van der Waals surface area contributed by atoms with Crippen LogP contribution in [0.4, 0.5) is 0 Å². The van der Waals surface area contributed by atoms with Gasteiger partial charge < -0.3 is 4.40 Å².